The fraction of sp³-hybridized carbons (Fsp3) is 0.333. The van der Waals surface area contributed by atoms with Gasteiger partial charge in [0.1, 0.15) is 0 Å². The predicted octanol–water partition coefficient (Wildman–Crippen LogP) is 0.919. The van der Waals surface area contributed by atoms with Gasteiger partial charge in [-0.3, -0.25) is 0 Å². The molecule has 0 spiro atoms. The van der Waals surface area contributed by atoms with Crippen molar-refractivity contribution >= 4 is 5.95 Å². The van der Waals surface area contributed by atoms with E-state index in [0.717, 1.165) is 0 Å². The van der Waals surface area contributed by atoms with Gasteiger partial charge in [-0.25, -0.2) is 9.97 Å². The van der Waals surface area contributed by atoms with Crippen molar-refractivity contribution in [2.75, 3.05) is 12.4 Å². The zero-order chi connectivity index (χ0) is 9.68. The number of ether oxygens (including phenoxy) is 1. The molecule has 0 amide bonds. The minimum atomic E-state index is -0.0756. The molecule has 1 unspecified atom stereocenters. The first-order valence-corrected chi connectivity index (χ1v) is 3.85. The van der Waals surface area contributed by atoms with Crippen molar-refractivity contribution in [3.63, 3.8) is 0 Å². The van der Waals surface area contributed by atoms with Crippen molar-refractivity contribution in [3.05, 3.63) is 12.4 Å². The van der Waals surface area contributed by atoms with Crippen LogP contribution in [0.3, 0.4) is 0 Å². The molecule has 0 radical (unpaired) electrons. The number of hydrogen-bond donors (Lipinski definition) is 1. The lowest BCUT2D eigenvalue weighted by atomic mass is 10.4. The highest BCUT2D eigenvalue weighted by molar-refractivity contribution is 5.30. The monoisotopic (exact) mass is 177 g/mol. The van der Waals surface area contributed by atoms with Crippen LogP contribution < -0.4 is 10.1 Å². The molecule has 1 aromatic rings. The van der Waals surface area contributed by atoms with Crippen LogP contribution in [0, 0.1) is 12.3 Å². The van der Waals surface area contributed by atoms with Gasteiger partial charge in [0.15, 0.2) is 5.75 Å². The number of rotatable bonds is 3. The summed E-state index contributed by atoms with van der Waals surface area (Å²) < 4.78 is 4.91. The molecule has 0 fully saturated rings. The number of methoxy groups -OCH3 is 1. The Morgan fingerprint density at radius 1 is 1.54 bits per heavy atom. The second kappa shape index (κ2) is 4.31. The van der Waals surface area contributed by atoms with Crippen LogP contribution >= 0.6 is 0 Å². The van der Waals surface area contributed by atoms with E-state index in [2.05, 4.69) is 21.2 Å². The highest BCUT2D eigenvalue weighted by Gasteiger charge is 1.99. The number of terminal acetylenes is 1. The van der Waals surface area contributed by atoms with Gasteiger partial charge in [0.2, 0.25) is 5.95 Å². The Morgan fingerprint density at radius 2 is 2.15 bits per heavy atom. The first-order chi connectivity index (χ1) is 6.26. The number of aromatic nitrogens is 2. The molecule has 0 saturated heterocycles. The Bertz CT molecular complexity index is 302. The van der Waals surface area contributed by atoms with Crippen LogP contribution in [0.5, 0.6) is 5.75 Å². The van der Waals surface area contributed by atoms with Gasteiger partial charge >= 0.3 is 0 Å². The highest BCUT2D eigenvalue weighted by atomic mass is 16.5. The zero-order valence-corrected chi connectivity index (χ0v) is 7.61. The van der Waals surface area contributed by atoms with Crippen LogP contribution in [0.2, 0.25) is 0 Å². The van der Waals surface area contributed by atoms with Crippen LogP contribution in [-0.2, 0) is 0 Å². The van der Waals surface area contributed by atoms with Crippen molar-refractivity contribution in [3.8, 4) is 18.1 Å². The molecule has 4 heteroatoms. The Kier molecular flexibility index (Phi) is 3.09. The average molecular weight is 177 g/mol. The maximum absolute atomic E-state index is 5.18. The van der Waals surface area contributed by atoms with E-state index >= 15 is 0 Å². The SMILES string of the molecule is C#CC(C)Nc1ncc(OC)cn1. The molecule has 1 aromatic heterocycles. The molecule has 13 heavy (non-hydrogen) atoms. The Hall–Kier alpha value is -1.76. The van der Waals surface area contributed by atoms with Gasteiger partial charge in [0.05, 0.1) is 25.5 Å². The molecule has 0 aliphatic carbocycles. The Morgan fingerprint density at radius 3 is 2.62 bits per heavy atom. The van der Waals surface area contributed by atoms with E-state index in [-0.39, 0.29) is 6.04 Å². The molecule has 68 valence electrons. The van der Waals surface area contributed by atoms with Crippen molar-refractivity contribution in [2.24, 2.45) is 0 Å². The molecule has 0 aliphatic rings. The zero-order valence-electron chi connectivity index (χ0n) is 7.61. The molecule has 0 bridgehead atoms. The lowest BCUT2D eigenvalue weighted by Crippen LogP contribution is -2.14. The summed E-state index contributed by atoms with van der Waals surface area (Å²) in [6, 6.07) is -0.0756. The standard InChI is InChI=1S/C9H11N3O/c1-4-7(2)12-9-10-5-8(13-3)6-11-9/h1,5-7H,2-3H3,(H,10,11,12). The minimum Gasteiger partial charge on any atom is -0.494 e. The van der Waals surface area contributed by atoms with E-state index < -0.39 is 0 Å². The van der Waals surface area contributed by atoms with Crippen molar-refractivity contribution in [1.82, 2.24) is 9.97 Å². The second-order valence-electron chi connectivity index (χ2n) is 2.48. The topological polar surface area (TPSA) is 47.0 Å². The Balaban J connectivity index is 2.65. The van der Waals surface area contributed by atoms with E-state index in [1.54, 1.807) is 19.5 Å². The number of hydrogen-bond acceptors (Lipinski definition) is 4. The second-order valence-corrected chi connectivity index (χ2v) is 2.48. The smallest absolute Gasteiger partial charge is 0.223 e. The molecular formula is C9H11N3O. The van der Waals surface area contributed by atoms with E-state index in [0.29, 0.717) is 11.7 Å². The van der Waals surface area contributed by atoms with E-state index in [4.69, 9.17) is 11.2 Å². The van der Waals surface area contributed by atoms with Gasteiger partial charge in [-0.05, 0) is 6.92 Å². The summed E-state index contributed by atoms with van der Waals surface area (Å²) in [5, 5.41) is 2.93. The third-order valence-corrected chi connectivity index (χ3v) is 1.46. The summed E-state index contributed by atoms with van der Waals surface area (Å²) in [7, 11) is 1.57. The fourth-order valence-corrected chi connectivity index (χ4v) is 0.731. The van der Waals surface area contributed by atoms with Gasteiger partial charge in [-0.15, -0.1) is 6.42 Å². The van der Waals surface area contributed by atoms with Crippen LogP contribution in [0.15, 0.2) is 12.4 Å². The van der Waals surface area contributed by atoms with Gasteiger partial charge < -0.3 is 10.1 Å². The third kappa shape index (κ3) is 2.64. The van der Waals surface area contributed by atoms with Gasteiger partial charge in [0.25, 0.3) is 0 Å². The molecule has 0 aromatic carbocycles. The van der Waals surface area contributed by atoms with Crippen molar-refractivity contribution < 1.29 is 4.74 Å². The maximum Gasteiger partial charge on any atom is 0.223 e. The number of nitrogens with one attached hydrogen (secondary N) is 1. The Labute approximate surface area is 77.4 Å². The highest BCUT2D eigenvalue weighted by Crippen LogP contribution is 2.07. The number of anilines is 1. The van der Waals surface area contributed by atoms with Crippen molar-refractivity contribution in [1.29, 1.82) is 0 Å². The van der Waals surface area contributed by atoms with Crippen LogP contribution in [0.1, 0.15) is 6.92 Å². The van der Waals surface area contributed by atoms with Crippen molar-refractivity contribution in [2.45, 2.75) is 13.0 Å². The summed E-state index contributed by atoms with van der Waals surface area (Å²) in [4.78, 5) is 7.99. The van der Waals surface area contributed by atoms with Gasteiger partial charge in [-0.1, -0.05) is 5.92 Å². The predicted molar refractivity (Wildman–Crippen MR) is 50.5 cm³/mol. The van der Waals surface area contributed by atoms with E-state index in [9.17, 15) is 0 Å². The van der Waals surface area contributed by atoms with E-state index in [1.807, 2.05) is 6.92 Å². The largest absolute Gasteiger partial charge is 0.494 e. The lowest BCUT2D eigenvalue weighted by molar-refractivity contribution is 0.411. The fourth-order valence-electron chi connectivity index (χ4n) is 0.731. The average Bonchev–Trinajstić information content (AvgIpc) is 2.19. The number of nitrogens with zero attached hydrogens (tertiary/aromatic N) is 2. The molecule has 1 atom stereocenters. The molecule has 1 rings (SSSR count). The lowest BCUT2D eigenvalue weighted by Gasteiger charge is -2.06. The summed E-state index contributed by atoms with van der Waals surface area (Å²) in [6.07, 6.45) is 8.35. The summed E-state index contributed by atoms with van der Waals surface area (Å²) in [5.74, 6) is 3.65. The normalized spacial score (nSPS) is 11.5. The first-order valence-electron chi connectivity index (χ1n) is 3.85. The molecule has 1 heterocycles. The van der Waals surface area contributed by atoms with Crippen LogP contribution in [0.25, 0.3) is 0 Å². The van der Waals surface area contributed by atoms with Gasteiger partial charge in [-0.2, -0.15) is 0 Å². The summed E-state index contributed by atoms with van der Waals surface area (Å²) >= 11 is 0. The molecule has 0 saturated carbocycles. The molecule has 0 aliphatic heterocycles. The first kappa shape index (κ1) is 9.33. The molecule has 4 nitrogen and oxygen atoms in total. The van der Waals surface area contributed by atoms with E-state index in [1.165, 1.54) is 0 Å². The third-order valence-electron chi connectivity index (χ3n) is 1.46. The van der Waals surface area contributed by atoms with Crippen LogP contribution in [0.4, 0.5) is 5.95 Å². The minimum absolute atomic E-state index is 0.0756. The van der Waals surface area contributed by atoms with Crippen LogP contribution in [-0.4, -0.2) is 23.1 Å². The maximum atomic E-state index is 5.18. The summed E-state index contributed by atoms with van der Waals surface area (Å²) in [6.45, 7) is 1.85. The quantitative estimate of drug-likeness (QED) is 0.697. The summed E-state index contributed by atoms with van der Waals surface area (Å²) in [5.41, 5.74) is 0. The molecule has 1 N–H and O–H groups in total. The van der Waals surface area contributed by atoms with Gasteiger partial charge in [0, 0.05) is 0 Å². The molecular weight excluding hydrogens is 166 g/mol.